The number of nitrogens with zero attached hydrogens (tertiary/aromatic N) is 1. The van der Waals surface area contributed by atoms with Crippen molar-refractivity contribution in [2.75, 3.05) is 0 Å². The van der Waals surface area contributed by atoms with Gasteiger partial charge in [-0.2, -0.15) is 5.10 Å². The van der Waals surface area contributed by atoms with Crippen LogP contribution >= 0.6 is 0 Å². The van der Waals surface area contributed by atoms with Gasteiger partial charge < -0.3 is 5.32 Å². The van der Waals surface area contributed by atoms with Crippen molar-refractivity contribution in [3.63, 3.8) is 0 Å². The fourth-order valence-electron chi connectivity index (χ4n) is 3.36. The van der Waals surface area contributed by atoms with E-state index in [-0.39, 0.29) is 0 Å². The van der Waals surface area contributed by atoms with Gasteiger partial charge >= 0.3 is 0 Å². The van der Waals surface area contributed by atoms with Crippen molar-refractivity contribution < 1.29 is 0 Å². The van der Waals surface area contributed by atoms with Gasteiger partial charge in [0.1, 0.15) is 0 Å². The number of benzene rings is 1. The number of H-pyrrole nitrogens is 1. The molecule has 2 aliphatic heterocycles. The normalized spacial score (nSPS) is 25.8. The van der Waals surface area contributed by atoms with Crippen molar-refractivity contribution in [3.05, 3.63) is 41.6 Å². The van der Waals surface area contributed by atoms with Crippen LogP contribution in [0.5, 0.6) is 0 Å². The van der Waals surface area contributed by atoms with Crippen LogP contribution < -0.4 is 5.32 Å². The molecule has 18 heavy (non-hydrogen) atoms. The predicted molar refractivity (Wildman–Crippen MR) is 71.2 cm³/mol. The van der Waals surface area contributed by atoms with E-state index in [0.29, 0.717) is 12.1 Å². The van der Waals surface area contributed by atoms with Gasteiger partial charge in [-0.3, -0.25) is 5.10 Å². The van der Waals surface area contributed by atoms with Crippen LogP contribution in [0.4, 0.5) is 0 Å². The first-order valence-electron chi connectivity index (χ1n) is 6.80. The molecule has 1 fully saturated rings. The highest BCUT2D eigenvalue weighted by Crippen LogP contribution is 2.37. The SMILES string of the molecule is c1ccc(-c2n[nH]c3c2CC2CCCC3N2)cc1. The molecule has 2 aromatic rings. The van der Waals surface area contributed by atoms with E-state index >= 15 is 0 Å². The number of aromatic nitrogens is 2. The Hall–Kier alpha value is -1.61. The third-order valence-electron chi connectivity index (χ3n) is 4.23. The number of hydrogen-bond donors (Lipinski definition) is 2. The lowest BCUT2D eigenvalue weighted by Gasteiger charge is -2.35. The van der Waals surface area contributed by atoms with E-state index < -0.39 is 0 Å². The van der Waals surface area contributed by atoms with Crippen LogP contribution in [0.25, 0.3) is 11.3 Å². The highest BCUT2D eigenvalue weighted by atomic mass is 15.2. The van der Waals surface area contributed by atoms with Gasteiger partial charge in [0.25, 0.3) is 0 Å². The third-order valence-corrected chi connectivity index (χ3v) is 4.23. The van der Waals surface area contributed by atoms with Gasteiger partial charge in [-0.15, -0.1) is 0 Å². The molecule has 2 N–H and O–H groups in total. The van der Waals surface area contributed by atoms with Crippen molar-refractivity contribution in [1.29, 1.82) is 0 Å². The molecule has 3 heterocycles. The summed E-state index contributed by atoms with van der Waals surface area (Å²) < 4.78 is 0. The van der Waals surface area contributed by atoms with Crippen molar-refractivity contribution in [1.82, 2.24) is 15.5 Å². The Balaban J connectivity index is 1.82. The van der Waals surface area contributed by atoms with Gasteiger partial charge in [-0.05, 0) is 25.7 Å². The monoisotopic (exact) mass is 239 g/mol. The summed E-state index contributed by atoms with van der Waals surface area (Å²) in [5.41, 5.74) is 5.15. The van der Waals surface area contributed by atoms with Crippen LogP contribution in [-0.4, -0.2) is 16.2 Å². The number of hydrogen-bond acceptors (Lipinski definition) is 2. The standard InChI is InChI=1S/C15H17N3/c1-2-5-10(6-3-1)14-12-9-11-7-4-8-13(16-11)15(12)18-17-14/h1-3,5-6,11,13,16H,4,7-9H2,(H,17,18). The molecular formula is C15H17N3. The Morgan fingerprint density at radius 3 is 2.89 bits per heavy atom. The molecular weight excluding hydrogens is 222 g/mol. The molecule has 1 aromatic heterocycles. The minimum Gasteiger partial charge on any atom is -0.306 e. The lowest BCUT2D eigenvalue weighted by atomic mass is 9.84. The van der Waals surface area contributed by atoms with Crippen molar-refractivity contribution in [2.45, 2.75) is 37.8 Å². The fourth-order valence-corrected chi connectivity index (χ4v) is 3.36. The van der Waals surface area contributed by atoms with E-state index in [2.05, 4.69) is 45.8 Å². The van der Waals surface area contributed by atoms with E-state index in [1.54, 1.807) is 0 Å². The minimum atomic E-state index is 0.498. The second-order valence-electron chi connectivity index (χ2n) is 5.38. The maximum absolute atomic E-state index is 4.56. The maximum atomic E-state index is 4.56. The molecule has 2 aliphatic rings. The van der Waals surface area contributed by atoms with E-state index in [9.17, 15) is 0 Å². The average Bonchev–Trinajstić information content (AvgIpc) is 2.84. The van der Waals surface area contributed by atoms with Crippen LogP contribution in [-0.2, 0) is 6.42 Å². The van der Waals surface area contributed by atoms with Crippen LogP contribution in [0.3, 0.4) is 0 Å². The maximum Gasteiger partial charge on any atom is 0.0956 e. The summed E-state index contributed by atoms with van der Waals surface area (Å²) in [4.78, 5) is 0. The predicted octanol–water partition coefficient (Wildman–Crippen LogP) is 2.82. The molecule has 2 atom stereocenters. The number of aromatic amines is 1. The van der Waals surface area contributed by atoms with Gasteiger partial charge in [0.05, 0.1) is 11.4 Å². The summed E-state index contributed by atoms with van der Waals surface area (Å²) in [6, 6.07) is 11.7. The van der Waals surface area contributed by atoms with Crippen LogP contribution in [0.1, 0.15) is 36.6 Å². The van der Waals surface area contributed by atoms with Crippen molar-refractivity contribution in [2.24, 2.45) is 0 Å². The zero-order valence-electron chi connectivity index (χ0n) is 10.3. The largest absolute Gasteiger partial charge is 0.306 e. The van der Waals surface area contributed by atoms with Gasteiger partial charge in [0.2, 0.25) is 0 Å². The average molecular weight is 239 g/mol. The molecule has 4 rings (SSSR count). The summed E-state index contributed by atoms with van der Waals surface area (Å²) in [5, 5.41) is 11.5. The molecule has 1 aromatic carbocycles. The molecule has 92 valence electrons. The number of piperidine rings is 1. The first-order chi connectivity index (χ1) is 8.92. The molecule has 3 heteroatoms. The highest BCUT2D eigenvalue weighted by Gasteiger charge is 2.33. The van der Waals surface area contributed by atoms with Gasteiger partial charge in [-0.1, -0.05) is 30.3 Å². The van der Waals surface area contributed by atoms with Gasteiger partial charge in [0, 0.05) is 23.2 Å². The van der Waals surface area contributed by atoms with E-state index in [1.165, 1.54) is 36.1 Å². The Morgan fingerprint density at radius 2 is 2.00 bits per heavy atom. The zero-order valence-corrected chi connectivity index (χ0v) is 10.3. The summed E-state index contributed by atoms with van der Waals surface area (Å²) >= 11 is 0. The third kappa shape index (κ3) is 1.51. The Labute approximate surface area is 107 Å². The lowest BCUT2D eigenvalue weighted by Crippen LogP contribution is -2.42. The Bertz CT molecular complexity index is 558. The highest BCUT2D eigenvalue weighted by molar-refractivity contribution is 5.64. The van der Waals surface area contributed by atoms with Crippen LogP contribution in [0, 0.1) is 0 Å². The molecule has 3 nitrogen and oxygen atoms in total. The molecule has 2 bridgehead atoms. The summed E-state index contributed by atoms with van der Waals surface area (Å²) in [6.07, 6.45) is 4.99. The Morgan fingerprint density at radius 1 is 1.11 bits per heavy atom. The minimum absolute atomic E-state index is 0.498. The summed E-state index contributed by atoms with van der Waals surface area (Å²) in [6.45, 7) is 0. The molecule has 0 saturated carbocycles. The zero-order chi connectivity index (χ0) is 11.9. The molecule has 0 amide bonds. The smallest absolute Gasteiger partial charge is 0.0956 e. The summed E-state index contributed by atoms with van der Waals surface area (Å²) in [5.74, 6) is 0. The van der Waals surface area contributed by atoms with E-state index in [4.69, 9.17) is 0 Å². The van der Waals surface area contributed by atoms with E-state index in [0.717, 1.165) is 12.1 Å². The quantitative estimate of drug-likeness (QED) is 0.803. The van der Waals surface area contributed by atoms with Crippen LogP contribution in [0.2, 0.25) is 0 Å². The van der Waals surface area contributed by atoms with Crippen molar-refractivity contribution >= 4 is 0 Å². The second-order valence-corrected chi connectivity index (χ2v) is 5.38. The molecule has 0 aliphatic carbocycles. The first-order valence-corrected chi connectivity index (χ1v) is 6.80. The molecule has 2 unspecified atom stereocenters. The van der Waals surface area contributed by atoms with Crippen LogP contribution in [0.15, 0.2) is 30.3 Å². The van der Waals surface area contributed by atoms with E-state index in [1.807, 2.05) is 0 Å². The number of nitrogens with one attached hydrogen (secondary N) is 2. The van der Waals surface area contributed by atoms with Gasteiger partial charge in [-0.25, -0.2) is 0 Å². The number of rotatable bonds is 1. The number of fused-ring (bicyclic) bond motifs is 4. The topological polar surface area (TPSA) is 40.7 Å². The second kappa shape index (κ2) is 3.95. The fraction of sp³-hybridized carbons (Fsp3) is 0.400. The summed E-state index contributed by atoms with van der Waals surface area (Å²) in [7, 11) is 0. The molecule has 1 saturated heterocycles. The van der Waals surface area contributed by atoms with Crippen molar-refractivity contribution in [3.8, 4) is 11.3 Å². The van der Waals surface area contributed by atoms with Gasteiger partial charge in [0.15, 0.2) is 0 Å². The lowest BCUT2D eigenvalue weighted by molar-refractivity contribution is 0.298. The molecule has 0 spiro atoms. The Kier molecular flexibility index (Phi) is 2.27. The molecule has 0 radical (unpaired) electrons. The first kappa shape index (κ1) is 10.3.